The molecular formula is C17H20N4O3S. The molecule has 1 aromatic carbocycles. The van der Waals surface area contributed by atoms with Crippen LogP contribution in [0.1, 0.15) is 22.0 Å². The number of rotatable bonds is 4. The molecule has 25 heavy (non-hydrogen) atoms. The highest BCUT2D eigenvalue weighted by Crippen LogP contribution is 2.24. The van der Waals surface area contributed by atoms with E-state index in [1.807, 2.05) is 12.1 Å². The van der Waals surface area contributed by atoms with E-state index in [2.05, 4.69) is 15.0 Å². The van der Waals surface area contributed by atoms with Crippen molar-refractivity contribution < 1.29 is 13.2 Å². The monoisotopic (exact) mass is 360 g/mol. The summed E-state index contributed by atoms with van der Waals surface area (Å²) in [6.07, 6.45) is 3.47. The fourth-order valence-electron chi connectivity index (χ4n) is 2.88. The van der Waals surface area contributed by atoms with E-state index < -0.39 is 10.0 Å². The maximum Gasteiger partial charge on any atom is 0.254 e. The van der Waals surface area contributed by atoms with E-state index in [0.29, 0.717) is 25.2 Å². The Morgan fingerprint density at radius 2 is 2.04 bits per heavy atom. The van der Waals surface area contributed by atoms with Gasteiger partial charge in [-0.1, -0.05) is 6.07 Å². The Labute approximate surface area is 147 Å². The summed E-state index contributed by atoms with van der Waals surface area (Å²) in [5.74, 6) is -0.122. The molecule has 132 valence electrons. The molecule has 1 aliphatic rings. The van der Waals surface area contributed by atoms with Crippen molar-refractivity contribution in [1.82, 2.24) is 19.9 Å². The first kappa shape index (κ1) is 17.5. The first-order chi connectivity index (χ1) is 12.0. The van der Waals surface area contributed by atoms with Crippen LogP contribution >= 0.6 is 0 Å². The summed E-state index contributed by atoms with van der Waals surface area (Å²) in [7, 11) is -2.16. The number of hydrogen-bond acceptors (Lipinski definition) is 5. The highest BCUT2D eigenvalue weighted by atomic mass is 32.2. The Kier molecular flexibility index (Phi) is 5.12. The largest absolute Gasteiger partial charge is 0.329 e. The van der Waals surface area contributed by atoms with Crippen molar-refractivity contribution in [2.75, 3.05) is 26.7 Å². The second-order valence-corrected chi connectivity index (χ2v) is 7.62. The molecule has 2 aromatic rings. The zero-order chi connectivity index (χ0) is 17.9. The van der Waals surface area contributed by atoms with Crippen molar-refractivity contribution in [3.8, 4) is 0 Å². The molecule has 1 aromatic heterocycles. The molecule has 3 rings (SSSR count). The van der Waals surface area contributed by atoms with Gasteiger partial charge in [0.25, 0.3) is 5.91 Å². The van der Waals surface area contributed by atoms with Gasteiger partial charge in [0.1, 0.15) is 0 Å². The number of piperazine rings is 1. The lowest BCUT2D eigenvalue weighted by molar-refractivity contribution is 0.0634. The second kappa shape index (κ2) is 7.30. The molecule has 1 aliphatic heterocycles. The number of nitrogens with one attached hydrogen (secondary N) is 2. The quantitative estimate of drug-likeness (QED) is 0.841. The molecular weight excluding hydrogens is 340 g/mol. The van der Waals surface area contributed by atoms with Crippen LogP contribution in [0.5, 0.6) is 0 Å². The van der Waals surface area contributed by atoms with Crippen molar-refractivity contribution in [3.05, 3.63) is 59.9 Å². The van der Waals surface area contributed by atoms with Crippen LogP contribution in [0, 0.1) is 0 Å². The molecule has 0 saturated carbocycles. The molecule has 8 heteroatoms. The van der Waals surface area contributed by atoms with Gasteiger partial charge in [0, 0.05) is 37.6 Å². The molecule has 0 spiro atoms. The maximum absolute atomic E-state index is 12.9. The molecule has 0 aliphatic carbocycles. The van der Waals surface area contributed by atoms with Crippen LogP contribution in [0.2, 0.25) is 0 Å². The lowest BCUT2D eigenvalue weighted by Gasteiger charge is -2.36. The van der Waals surface area contributed by atoms with Gasteiger partial charge in [-0.25, -0.2) is 13.1 Å². The Morgan fingerprint density at radius 1 is 1.28 bits per heavy atom. The lowest BCUT2D eigenvalue weighted by Crippen LogP contribution is -2.48. The predicted octanol–water partition coefficient (Wildman–Crippen LogP) is 0.776. The first-order valence-electron chi connectivity index (χ1n) is 7.98. The minimum Gasteiger partial charge on any atom is -0.329 e. The minimum absolute atomic E-state index is 0.101. The van der Waals surface area contributed by atoms with Crippen LogP contribution in [-0.2, 0) is 10.0 Å². The Morgan fingerprint density at radius 3 is 2.68 bits per heavy atom. The number of benzene rings is 1. The third-order valence-corrected chi connectivity index (χ3v) is 5.68. The number of carbonyl (C=O) groups excluding carboxylic acids is 1. The molecule has 0 bridgehead atoms. The molecule has 0 radical (unpaired) electrons. The Hall–Kier alpha value is -2.29. The number of carbonyl (C=O) groups is 1. The molecule has 1 unspecified atom stereocenters. The van der Waals surface area contributed by atoms with Gasteiger partial charge in [-0.15, -0.1) is 0 Å². The second-order valence-electron chi connectivity index (χ2n) is 5.74. The first-order valence-corrected chi connectivity index (χ1v) is 9.46. The fraction of sp³-hybridized carbons (Fsp3) is 0.294. The SMILES string of the molecule is CNS(=O)(=O)c1ccc(C(=O)N2CCNCC2c2cccnc2)cc1. The van der Waals surface area contributed by atoms with Gasteiger partial charge in [0.15, 0.2) is 0 Å². The summed E-state index contributed by atoms with van der Waals surface area (Å²) in [5, 5.41) is 3.30. The highest BCUT2D eigenvalue weighted by Gasteiger charge is 2.28. The maximum atomic E-state index is 12.9. The van der Waals surface area contributed by atoms with Gasteiger partial charge in [-0.3, -0.25) is 9.78 Å². The third kappa shape index (κ3) is 3.71. The zero-order valence-electron chi connectivity index (χ0n) is 13.8. The smallest absolute Gasteiger partial charge is 0.254 e. The van der Waals surface area contributed by atoms with Gasteiger partial charge in [0.2, 0.25) is 10.0 Å². The van der Waals surface area contributed by atoms with Crippen molar-refractivity contribution in [2.24, 2.45) is 0 Å². The minimum atomic E-state index is -3.51. The molecule has 2 heterocycles. The van der Waals surface area contributed by atoms with E-state index >= 15 is 0 Å². The van der Waals surface area contributed by atoms with E-state index in [1.54, 1.807) is 29.4 Å². The number of aromatic nitrogens is 1. The summed E-state index contributed by atoms with van der Waals surface area (Å²) >= 11 is 0. The van der Waals surface area contributed by atoms with E-state index in [4.69, 9.17) is 0 Å². The predicted molar refractivity (Wildman–Crippen MR) is 93.6 cm³/mol. The van der Waals surface area contributed by atoms with Gasteiger partial charge in [0.05, 0.1) is 10.9 Å². The normalized spacial score (nSPS) is 18.1. The molecule has 1 atom stereocenters. The van der Waals surface area contributed by atoms with Crippen LogP contribution < -0.4 is 10.0 Å². The van der Waals surface area contributed by atoms with Crippen LogP contribution in [0.25, 0.3) is 0 Å². The van der Waals surface area contributed by atoms with E-state index in [9.17, 15) is 13.2 Å². The average molecular weight is 360 g/mol. The van der Waals surface area contributed by atoms with Crippen LogP contribution in [0.15, 0.2) is 53.7 Å². The van der Waals surface area contributed by atoms with E-state index in [1.165, 1.54) is 19.2 Å². The topological polar surface area (TPSA) is 91.4 Å². The molecule has 7 nitrogen and oxygen atoms in total. The van der Waals surface area contributed by atoms with E-state index in [-0.39, 0.29) is 16.8 Å². The number of nitrogens with zero attached hydrogens (tertiary/aromatic N) is 2. The highest BCUT2D eigenvalue weighted by molar-refractivity contribution is 7.89. The number of pyridine rings is 1. The molecule has 2 N–H and O–H groups in total. The van der Waals surface area contributed by atoms with Crippen molar-refractivity contribution in [2.45, 2.75) is 10.9 Å². The summed E-state index contributed by atoms with van der Waals surface area (Å²) in [4.78, 5) is 19.0. The zero-order valence-corrected chi connectivity index (χ0v) is 14.7. The molecule has 1 saturated heterocycles. The lowest BCUT2D eigenvalue weighted by atomic mass is 10.0. The number of amides is 1. The molecule has 1 fully saturated rings. The Balaban J connectivity index is 1.86. The summed E-state index contributed by atoms with van der Waals surface area (Å²) in [5.41, 5.74) is 1.43. The van der Waals surface area contributed by atoms with Crippen LogP contribution in [-0.4, -0.2) is 50.9 Å². The van der Waals surface area contributed by atoms with Crippen LogP contribution in [0.3, 0.4) is 0 Å². The van der Waals surface area contributed by atoms with Gasteiger partial charge in [-0.2, -0.15) is 0 Å². The van der Waals surface area contributed by atoms with Crippen molar-refractivity contribution in [3.63, 3.8) is 0 Å². The summed E-state index contributed by atoms with van der Waals surface area (Å²) in [6, 6.07) is 9.69. The Bertz CT molecular complexity index is 838. The fourth-order valence-corrected chi connectivity index (χ4v) is 3.61. The standard InChI is InChI=1S/C17H20N4O3S/c1-18-25(23,24)15-6-4-13(5-7-15)17(22)21-10-9-20-12-16(21)14-3-2-8-19-11-14/h2-8,11,16,18,20H,9-10,12H2,1H3. The van der Waals surface area contributed by atoms with E-state index in [0.717, 1.165) is 5.56 Å². The van der Waals surface area contributed by atoms with Gasteiger partial charge < -0.3 is 10.2 Å². The van der Waals surface area contributed by atoms with Crippen molar-refractivity contribution >= 4 is 15.9 Å². The van der Waals surface area contributed by atoms with Crippen molar-refractivity contribution in [1.29, 1.82) is 0 Å². The summed E-state index contributed by atoms with van der Waals surface area (Å²) in [6.45, 7) is 1.95. The number of hydrogen-bond donors (Lipinski definition) is 2. The van der Waals surface area contributed by atoms with Gasteiger partial charge >= 0.3 is 0 Å². The number of sulfonamides is 1. The molecule has 1 amide bonds. The summed E-state index contributed by atoms with van der Waals surface area (Å²) < 4.78 is 25.9. The average Bonchev–Trinajstić information content (AvgIpc) is 2.68. The van der Waals surface area contributed by atoms with Gasteiger partial charge in [-0.05, 0) is 42.9 Å². The third-order valence-electron chi connectivity index (χ3n) is 4.25. The van der Waals surface area contributed by atoms with Crippen LogP contribution in [0.4, 0.5) is 0 Å².